The van der Waals surface area contributed by atoms with Gasteiger partial charge in [-0.3, -0.25) is 14.5 Å². The summed E-state index contributed by atoms with van der Waals surface area (Å²) >= 11 is 1.36. The highest BCUT2D eigenvalue weighted by molar-refractivity contribution is 7.12. The fraction of sp³-hybridized carbons (Fsp3) is 0.333. The van der Waals surface area contributed by atoms with Crippen molar-refractivity contribution in [1.82, 2.24) is 10.2 Å². The van der Waals surface area contributed by atoms with Crippen LogP contribution in [0.1, 0.15) is 38.4 Å². The Morgan fingerprint density at radius 3 is 2.69 bits per heavy atom. The summed E-state index contributed by atoms with van der Waals surface area (Å²) in [5.41, 5.74) is 1.84. The molecule has 1 fully saturated rings. The summed E-state index contributed by atoms with van der Waals surface area (Å²) in [5, 5.41) is 7.62. The highest BCUT2D eigenvalue weighted by atomic mass is 32.1. The van der Waals surface area contributed by atoms with Gasteiger partial charge in [-0.25, -0.2) is 0 Å². The van der Waals surface area contributed by atoms with E-state index in [0.29, 0.717) is 35.3 Å². The van der Waals surface area contributed by atoms with E-state index in [0.717, 1.165) is 43.9 Å². The first-order valence-corrected chi connectivity index (χ1v) is 12.7. The zero-order valence-corrected chi connectivity index (χ0v) is 20.7. The van der Waals surface area contributed by atoms with Crippen LogP contribution in [0.25, 0.3) is 0 Å². The Morgan fingerprint density at radius 1 is 1.06 bits per heavy atom. The van der Waals surface area contributed by atoms with Crippen molar-refractivity contribution >= 4 is 28.8 Å². The van der Waals surface area contributed by atoms with E-state index in [1.807, 2.05) is 35.7 Å². The lowest BCUT2D eigenvalue weighted by Crippen LogP contribution is -2.38. The Labute approximate surface area is 210 Å². The highest BCUT2D eigenvalue weighted by Crippen LogP contribution is 2.19. The minimum atomic E-state index is -0.253. The minimum Gasteiger partial charge on any atom is -0.492 e. The predicted molar refractivity (Wildman–Crippen MR) is 138 cm³/mol. The first-order valence-electron chi connectivity index (χ1n) is 11.8. The number of anilines is 1. The van der Waals surface area contributed by atoms with Crippen molar-refractivity contribution in [2.45, 2.75) is 25.4 Å². The van der Waals surface area contributed by atoms with Gasteiger partial charge in [-0.2, -0.15) is 0 Å². The number of rotatable bonds is 10. The molecule has 0 bridgehead atoms. The molecule has 0 atom stereocenters. The monoisotopic (exact) mass is 493 g/mol. The number of carbonyl (C=O) groups excluding carboxylic acids is 2. The minimum absolute atomic E-state index is 0.229. The maximum Gasteiger partial charge on any atom is 0.265 e. The summed E-state index contributed by atoms with van der Waals surface area (Å²) in [6, 6.07) is 18.9. The lowest BCUT2D eigenvalue weighted by molar-refractivity contribution is 0.0392. The van der Waals surface area contributed by atoms with Crippen molar-refractivity contribution in [3.8, 4) is 5.75 Å². The van der Waals surface area contributed by atoms with E-state index in [-0.39, 0.29) is 11.8 Å². The van der Waals surface area contributed by atoms with Crippen molar-refractivity contribution in [1.29, 1.82) is 0 Å². The Bertz CT molecular complexity index is 1110. The van der Waals surface area contributed by atoms with Crippen molar-refractivity contribution in [3.63, 3.8) is 0 Å². The van der Waals surface area contributed by atoms with Gasteiger partial charge in [0.2, 0.25) is 0 Å². The number of benzene rings is 2. The lowest BCUT2D eigenvalue weighted by atomic mass is 10.1. The van der Waals surface area contributed by atoms with Gasteiger partial charge in [-0.1, -0.05) is 30.3 Å². The molecule has 2 N–H and O–H groups in total. The number of amides is 2. The van der Waals surface area contributed by atoms with Gasteiger partial charge < -0.3 is 20.1 Å². The van der Waals surface area contributed by atoms with Gasteiger partial charge >= 0.3 is 0 Å². The molecule has 8 heteroatoms. The molecule has 0 saturated carbocycles. The van der Waals surface area contributed by atoms with Gasteiger partial charge in [-0.05, 0) is 61.2 Å². The fourth-order valence-corrected chi connectivity index (χ4v) is 4.64. The Balaban J connectivity index is 1.28. The summed E-state index contributed by atoms with van der Waals surface area (Å²) < 4.78 is 11.4. The molecule has 184 valence electrons. The molecule has 1 aromatic heterocycles. The average Bonchev–Trinajstić information content (AvgIpc) is 3.44. The van der Waals surface area contributed by atoms with Crippen LogP contribution in [0.2, 0.25) is 0 Å². The Kier molecular flexibility index (Phi) is 8.89. The van der Waals surface area contributed by atoms with E-state index in [9.17, 15) is 9.59 Å². The molecule has 4 rings (SSSR count). The second kappa shape index (κ2) is 12.5. The first-order chi connectivity index (χ1) is 17.1. The van der Waals surface area contributed by atoms with Gasteiger partial charge in [0.1, 0.15) is 12.4 Å². The molecule has 1 saturated heterocycles. The SMILES string of the molecule is CN(CCOc1cccc(CNC(=O)c2ccccc2NC(=O)c2cccs2)c1)C1CCOCC1. The van der Waals surface area contributed by atoms with E-state index in [4.69, 9.17) is 9.47 Å². The number of likely N-dealkylation sites (N-methyl/N-ethyl adjacent to an activating group) is 1. The second-order valence-electron chi connectivity index (χ2n) is 8.48. The third-order valence-corrected chi connectivity index (χ3v) is 6.91. The van der Waals surface area contributed by atoms with E-state index >= 15 is 0 Å². The van der Waals surface area contributed by atoms with E-state index < -0.39 is 0 Å². The molecule has 35 heavy (non-hydrogen) atoms. The molecule has 0 aliphatic carbocycles. The van der Waals surface area contributed by atoms with Crippen LogP contribution in [0, 0.1) is 0 Å². The van der Waals surface area contributed by atoms with Crippen molar-refractivity contribution in [2.75, 3.05) is 38.7 Å². The maximum absolute atomic E-state index is 12.9. The quantitative estimate of drug-likeness (QED) is 0.437. The second-order valence-corrected chi connectivity index (χ2v) is 9.43. The van der Waals surface area contributed by atoms with Gasteiger partial charge in [0.05, 0.1) is 16.1 Å². The largest absolute Gasteiger partial charge is 0.492 e. The molecule has 0 radical (unpaired) electrons. The van der Waals surface area contributed by atoms with Crippen molar-refractivity contribution < 1.29 is 19.1 Å². The van der Waals surface area contributed by atoms with Crippen LogP contribution in [0.4, 0.5) is 5.69 Å². The molecule has 0 spiro atoms. The van der Waals surface area contributed by atoms with Crippen LogP contribution in [0.3, 0.4) is 0 Å². The molecular formula is C27H31N3O4S. The van der Waals surface area contributed by atoms with Crippen LogP contribution in [-0.2, 0) is 11.3 Å². The number of carbonyl (C=O) groups is 2. The van der Waals surface area contributed by atoms with Gasteiger partial charge in [-0.15, -0.1) is 11.3 Å². The van der Waals surface area contributed by atoms with Crippen LogP contribution in [0.15, 0.2) is 66.0 Å². The van der Waals surface area contributed by atoms with Crippen LogP contribution in [-0.4, -0.2) is 56.2 Å². The van der Waals surface area contributed by atoms with Gasteiger partial charge in [0.15, 0.2) is 0 Å². The normalized spacial score (nSPS) is 14.0. The molecular weight excluding hydrogens is 462 g/mol. The van der Waals surface area contributed by atoms with E-state index in [2.05, 4.69) is 22.6 Å². The number of hydrogen-bond donors (Lipinski definition) is 2. The number of nitrogens with zero attached hydrogens (tertiary/aromatic N) is 1. The zero-order valence-electron chi connectivity index (χ0n) is 19.9. The molecule has 2 heterocycles. The smallest absolute Gasteiger partial charge is 0.265 e. The lowest BCUT2D eigenvalue weighted by Gasteiger charge is -2.31. The molecule has 1 aliphatic heterocycles. The standard InChI is InChI=1S/C27H31N3O4S/c1-30(21-11-14-33-15-12-21)13-16-34-22-7-4-6-20(18-22)19-28-26(31)23-8-2-3-9-24(23)29-27(32)25-10-5-17-35-25/h2-10,17-18,21H,11-16,19H2,1H3,(H,28,31)(H,29,32). The van der Waals surface area contributed by atoms with Gasteiger partial charge in [0.25, 0.3) is 11.8 Å². The van der Waals surface area contributed by atoms with Crippen LogP contribution < -0.4 is 15.4 Å². The molecule has 1 aliphatic rings. The van der Waals surface area contributed by atoms with E-state index in [1.165, 1.54) is 11.3 Å². The van der Waals surface area contributed by atoms with Crippen LogP contribution in [0.5, 0.6) is 5.75 Å². The number of ether oxygens (including phenoxy) is 2. The fourth-order valence-electron chi connectivity index (χ4n) is 4.02. The Morgan fingerprint density at radius 2 is 1.89 bits per heavy atom. The molecule has 2 aromatic carbocycles. The van der Waals surface area contributed by atoms with Crippen LogP contribution >= 0.6 is 11.3 Å². The number of hydrogen-bond acceptors (Lipinski definition) is 6. The molecule has 7 nitrogen and oxygen atoms in total. The third-order valence-electron chi connectivity index (χ3n) is 6.04. The third kappa shape index (κ3) is 7.14. The first kappa shape index (κ1) is 24.9. The maximum atomic E-state index is 12.9. The molecule has 0 unspecified atom stereocenters. The molecule has 3 aromatic rings. The summed E-state index contributed by atoms with van der Waals surface area (Å²) in [6.07, 6.45) is 2.12. The summed E-state index contributed by atoms with van der Waals surface area (Å²) in [7, 11) is 2.13. The zero-order chi connectivity index (χ0) is 24.5. The summed E-state index contributed by atoms with van der Waals surface area (Å²) in [5.74, 6) is 0.296. The summed E-state index contributed by atoms with van der Waals surface area (Å²) in [6.45, 7) is 3.45. The number of thiophene rings is 1. The Hall–Kier alpha value is -3.20. The number of nitrogens with one attached hydrogen (secondary N) is 2. The summed E-state index contributed by atoms with van der Waals surface area (Å²) in [4.78, 5) is 28.2. The predicted octanol–water partition coefficient (Wildman–Crippen LogP) is 4.42. The number of para-hydroxylation sites is 1. The van der Waals surface area contributed by atoms with Crippen molar-refractivity contribution in [3.05, 3.63) is 82.0 Å². The van der Waals surface area contributed by atoms with E-state index in [1.54, 1.807) is 30.3 Å². The average molecular weight is 494 g/mol. The topological polar surface area (TPSA) is 79.9 Å². The van der Waals surface area contributed by atoms with Crippen molar-refractivity contribution in [2.24, 2.45) is 0 Å². The highest BCUT2D eigenvalue weighted by Gasteiger charge is 2.18. The molecule has 2 amide bonds. The van der Waals surface area contributed by atoms with Gasteiger partial charge in [0, 0.05) is 32.3 Å².